The van der Waals surface area contributed by atoms with Crippen molar-refractivity contribution in [3.63, 3.8) is 0 Å². The normalized spacial score (nSPS) is 21.9. The maximum Gasteiger partial charge on any atom is 0.412 e. The van der Waals surface area contributed by atoms with Gasteiger partial charge in [0.1, 0.15) is 17.4 Å². The topological polar surface area (TPSA) is 82.7 Å². The van der Waals surface area contributed by atoms with Gasteiger partial charge in [-0.2, -0.15) is 13.2 Å². The predicted molar refractivity (Wildman–Crippen MR) is 106 cm³/mol. The first-order chi connectivity index (χ1) is 14.3. The van der Waals surface area contributed by atoms with Crippen molar-refractivity contribution in [1.82, 2.24) is 20.3 Å². The molecule has 0 saturated heterocycles. The van der Waals surface area contributed by atoms with Crippen LogP contribution in [-0.2, 0) is 0 Å². The van der Waals surface area contributed by atoms with Crippen LogP contribution in [0.4, 0.5) is 19.0 Å². The van der Waals surface area contributed by atoms with Crippen molar-refractivity contribution in [1.29, 1.82) is 0 Å². The summed E-state index contributed by atoms with van der Waals surface area (Å²) in [5, 5.41) is 5.33. The average molecular weight is 413 g/mol. The number of rotatable bonds is 0. The van der Waals surface area contributed by atoms with Crippen molar-refractivity contribution in [3.05, 3.63) is 53.4 Å². The zero-order chi connectivity index (χ0) is 21.0. The molecule has 0 radical (unpaired) electrons. The van der Waals surface area contributed by atoms with E-state index in [2.05, 4.69) is 25.6 Å². The Bertz CT molecular complexity index is 1200. The van der Waals surface area contributed by atoms with Crippen molar-refractivity contribution in [2.75, 3.05) is 11.9 Å². The fourth-order valence-corrected chi connectivity index (χ4v) is 4.02. The number of hydrogen-bond donors (Lipinski definition) is 3. The Morgan fingerprint density at radius 2 is 2.00 bits per heavy atom. The molecule has 30 heavy (non-hydrogen) atoms. The number of allylic oxidation sites excluding steroid dienone is 1. The zero-order valence-corrected chi connectivity index (χ0v) is 16.0. The second-order valence-electron chi connectivity index (χ2n) is 7.58. The van der Waals surface area contributed by atoms with Crippen molar-refractivity contribution >= 4 is 22.8 Å². The van der Waals surface area contributed by atoms with Crippen molar-refractivity contribution in [2.45, 2.75) is 31.5 Å². The molecule has 1 amide bonds. The number of halogens is 3. The number of anilines is 1. The molecule has 4 bridgehead atoms. The monoisotopic (exact) mass is 413 g/mol. The Morgan fingerprint density at radius 1 is 1.17 bits per heavy atom. The van der Waals surface area contributed by atoms with Gasteiger partial charge in [0.15, 0.2) is 0 Å². The van der Waals surface area contributed by atoms with E-state index < -0.39 is 12.2 Å². The SMILES string of the molecule is Cc1nc2cccc3c2nc1N[C@@H](C(F)(F)F)/C=C/CC1CNC(=O)c2cc-3[nH]c21. The molecule has 5 rings (SSSR count). The summed E-state index contributed by atoms with van der Waals surface area (Å²) in [6, 6.07) is 5.27. The number of nitrogens with zero attached hydrogens (tertiary/aromatic N) is 2. The van der Waals surface area contributed by atoms with E-state index in [4.69, 9.17) is 0 Å². The lowest BCUT2D eigenvalue weighted by Gasteiger charge is -2.23. The molecule has 2 aliphatic rings. The minimum atomic E-state index is -4.50. The van der Waals surface area contributed by atoms with Gasteiger partial charge >= 0.3 is 6.18 Å². The molecule has 0 aliphatic carbocycles. The Balaban J connectivity index is 1.77. The molecule has 1 unspecified atom stereocenters. The molecule has 1 aromatic carbocycles. The van der Waals surface area contributed by atoms with Gasteiger partial charge in [-0.15, -0.1) is 0 Å². The lowest BCUT2D eigenvalue weighted by Crippen LogP contribution is -2.35. The standard InChI is InChI=1S/C21H18F3N5O/c1-10-19-28-16(21(22,23)24)7-2-4-11-9-25-20(30)13-8-15(27-17(11)13)12-5-3-6-14(26-10)18(12)29-19/h2-3,5-8,11,16,27H,4,9H2,1H3,(H,25,30)(H,28,29)/b7-2+/t11?,16-/m1/s1. The maximum atomic E-state index is 13.7. The summed E-state index contributed by atoms with van der Waals surface area (Å²) in [5.41, 5.74) is 4.01. The van der Waals surface area contributed by atoms with Gasteiger partial charge in [0, 0.05) is 29.4 Å². The van der Waals surface area contributed by atoms with E-state index >= 15 is 0 Å². The summed E-state index contributed by atoms with van der Waals surface area (Å²) >= 11 is 0. The number of aromatic amines is 1. The molecule has 2 atom stereocenters. The van der Waals surface area contributed by atoms with Crippen LogP contribution < -0.4 is 10.6 Å². The highest BCUT2D eigenvalue weighted by atomic mass is 19.4. The van der Waals surface area contributed by atoms with Gasteiger partial charge in [-0.3, -0.25) is 4.79 Å². The number of H-pyrrole nitrogens is 1. The minimum absolute atomic E-state index is 0.0783. The Labute approximate surface area is 169 Å². The van der Waals surface area contributed by atoms with E-state index in [1.54, 1.807) is 19.1 Å². The summed E-state index contributed by atoms with van der Waals surface area (Å²) in [4.78, 5) is 24.6. The van der Waals surface area contributed by atoms with E-state index in [9.17, 15) is 18.0 Å². The number of benzene rings is 1. The van der Waals surface area contributed by atoms with Crippen LogP contribution in [0, 0.1) is 6.92 Å². The van der Waals surface area contributed by atoms with E-state index in [1.165, 1.54) is 6.08 Å². The smallest absolute Gasteiger partial charge is 0.357 e. The van der Waals surface area contributed by atoms with Gasteiger partial charge in [-0.1, -0.05) is 24.3 Å². The molecule has 0 spiro atoms. The highest BCUT2D eigenvalue weighted by molar-refractivity contribution is 6.00. The Morgan fingerprint density at radius 3 is 2.80 bits per heavy atom. The van der Waals surface area contributed by atoms with Crippen molar-refractivity contribution in [2.24, 2.45) is 0 Å². The van der Waals surface area contributed by atoms with E-state index in [0.717, 1.165) is 11.8 Å². The zero-order valence-electron chi connectivity index (χ0n) is 16.0. The average Bonchev–Trinajstić information content (AvgIpc) is 3.14. The van der Waals surface area contributed by atoms with Crippen LogP contribution in [0.15, 0.2) is 36.4 Å². The van der Waals surface area contributed by atoms with Crippen LogP contribution in [0.5, 0.6) is 0 Å². The number of para-hydroxylation sites is 1. The van der Waals surface area contributed by atoms with Gasteiger partial charge < -0.3 is 15.6 Å². The summed E-state index contributed by atoms with van der Waals surface area (Å²) in [6.07, 6.45) is -1.53. The lowest BCUT2D eigenvalue weighted by molar-refractivity contribution is -0.132. The number of carbonyl (C=O) groups excluding carboxylic acids is 1. The Hall–Kier alpha value is -3.36. The molecular formula is C21H18F3N5O. The molecule has 6 nitrogen and oxygen atoms in total. The predicted octanol–water partition coefficient (Wildman–Crippen LogP) is 4.06. The van der Waals surface area contributed by atoms with Crippen LogP contribution in [-0.4, -0.2) is 39.6 Å². The number of fused-ring (bicyclic) bond motifs is 3. The van der Waals surface area contributed by atoms with E-state index in [-0.39, 0.29) is 17.6 Å². The summed E-state index contributed by atoms with van der Waals surface area (Å²) in [5.74, 6) is -0.264. The molecule has 0 fully saturated rings. The third-order valence-electron chi connectivity index (χ3n) is 5.56. The van der Waals surface area contributed by atoms with Crippen LogP contribution in [0.25, 0.3) is 22.3 Å². The van der Waals surface area contributed by atoms with Gasteiger partial charge in [0.2, 0.25) is 0 Å². The third-order valence-corrected chi connectivity index (χ3v) is 5.56. The molecule has 2 aliphatic heterocycles. The molecule has 154 valence electrons. The highest BCUT2D eigenvalue weighted by Gasteiger charge is 2.39. The first-order valence-electron chi connectivity index (χ1n) is 9.60. The molecule has 3 aromatic rings. The van der Waals surface area contributed by atoms with Gasteiger partial charge in [0.25, 0.3) is 5.91 Å². The first kappa shape index (κ1) is 18.7. The quantitative estimate of drug-likeness (QED) is 0.486. The number of hydrogen-bond acceptors (Lipinski definition) is 4. The van der Waals surface area contributed by atoms with Crippen LogP contribution in [0.2, 0.25) is 0 Å². The largest absolute Gasteiger partial charge is 0.412 e. The lowest BCUT2D eigenvalue weighted by atomic mass is 9.94. The number of aryl methyl sites for hydroxylation is 1. The number of alkyl halides is 3. The highest BCUT2D eigenvalue weighted by Crippen LogP contribution is 2.35. The third kappa shape index (κ3) is 3.01. The number of amides is 1. The minimum Gasteiger partial charge on any atom is -0.357 e. The number of aromatic nitrogens is 3. The van der Waals surface area contributed by atoms with E-state index in [0.29, 0.717) is 46.5 Å². The van der Waals surface area contributed by atoms with Crippen LogP contribution in [0.3, 0.4) is 0 Å². The summed E-state index contributed by atoms with van der Waals surface area (Å²) in [7, 11) is 0. The molecular weight excluding hydrogens is 395 g/mol. The van der Waals surface area contributed by atoms with Crippen LogP contribution in [0.1, 0.15) is 34.1 Å². The summed E-state index contributed by atoms with van der Waals surface area (Å²) < 4.78 is 41.0. The van der Waals surface area contributed by atoms with Crippen molar-refractivity contribution in [3.8, 4) is 11.3 Å². The number of carbonyl (C=O) groups is 1. The molecule has 3 N–H and O–H groups in total. The fraction of sp³-hybridized carbons (Fsp3) is 0.286. The summed E-state index contributed by atoms with van der Waals surface area (Å²) in [6.45, 7) is 1.98. The molecule has 2 aromatic heterocycles. The molecule has 0 saturated carbocycles. The van der Waals surface area contributed by atoms with Gasteiger partial charge in [0.05, 0.1) is 16.8 Å². The Kier molecular flexibility index (Phi) is 4.09. The molecule has 9 heteroatoms. The van der Waals surface area contributed by atoms with Gasteiger partial charge in [-0.25, -0.2) is 9.97 Å². The molecule has 4 heterocycles. The number of nitrogens with one attached hydrogen (secondary N) is 3. The second-order valence-corrected chi connectivity index (χ2v) is 7.58. The van der Waals surface area contributed by atoms with Crippen molar-refractivity contribution < 1.29 is 18.0 Å². The fourth-order valence-electron chi connectivity index (χ4n) is 4.02. The van der Waals surface area contributed by atoms with Gasteiger partial charge in [-0.05, 0) is 25.5 Å². The van der Waals surface area contributed by atoms with Crippen LogP contribution >= 0.6 is 0 Å². The second kappa shape index (κ2) is 6.58. The maximum absolute atomic E-state index is 13.7. The first-order valence-corrected chi connectivity index (χ1v) is 9.60. The van der Waals surface area contributed by atoms with E-state index in [1.807, 2.05) is 12.1 Å².